The van der Waals surface area contributed by atoms with E-state index in [4.69, 9.17) is 4.42 Å². The van der Waals surface area contributed by atoms with Gasteiger partial charge in [-0.2, -0.15) is 0 Å². The minimum absolute atomic E-state index is 0.338. The van der Waals surface area contributed by atoms with Gasteiger partial charge in [0.15, 0.2) is 5.89 Å². The van der Waals surface area contributed by atoms with Crippen LogP contribution >= 0.6 is 0 Å². The van der Waals surface area contributed by atoms with E-state index in [1.54, 1.807) is 6.26 Å². The number of aryl methyl sites for hydroxylation is 1. The Morgan fingerprint density at radius 2 is 2.21 bits per heavy atom. The minimum atomic E-state index is 0.338. The van der Waals surface area contributed by atoms with E-state index in [0.717, 1.165) is 63.6 Å². The maximum Gasteiger partial charge on any atom is 0.225 e. The second kappa shape index (κ2) is 5.33. The lowest BCUT2D eigenvalue weighted by atomic mass is 10.3. The van der Waals surface area contributed by atoms with E-state index >= 15 is 0 Å². The highest BCUT2D eigenvalue weighted by molar-refractivity contribution is 5.81. The molecule has 0 aromatic carbocycles. The lowest BCUT2D eigenvalue weighted by Gasteiger charge is -2.21. The number of carbonyl (C=O) groups is 1. The van der Waals surface area contributed by atoms with Crippen LogP contribution in [0.2, 0.25) is 0 Å². The average molecular weight is 263 g/mol. The van der Waals surface area contributed by atoms with Crippen molar-refractivity contribution in [3.63, 3.8) is 0 Å². The van der Waals surface area contributed by atoms with Gasteiger partial charge in [0.25, 0.3) is 0 Å². The van der Waals surface area contributed by atoms with Gasteiger partial charge in [-0.05, 0) is 19.3 Å². The molecule has 1 saturated heterocycles. The molecule has 2 fully saturated rings. The molecule has 5 heteroatoms. The van der Waals surface area contributed by atoms with Crippen molar-refractivity contribution in [2.24, 2.45) is 5.92 Å². The second-order valence-corrected chi connectivity index (χ2v) is 5.59. The van der Waals surface area contributed by atoms with Crippen molar-refractivity contribution in [1.82, 2.24) is 14.8 Å². The Bertz CT molecular complexity index is 453. The van der Waals surface area contributed by atoms with Gasteiger partial charge in [-0.1, -0.05) is 0 Å². The van der Waals surface area contributed by atoms with Crippen LogP contribution in [0.1, 0.15) is 30.8 Å². The van der Waals surface area contributed by atoms with Gasteiger partial charge in [0.05, 0.1) is 5.69 Å². The third kappa shape index (κ3) is 3.15. The van der Waals surface area contributed by atoms with E-state index in [1.807, 2.05) is 11.8 Å². The molecule has 0 spiro atoms. The molecule has 0 bridgehead atoms. The van der Waals surface area contributed by atoms with E-state index in [-0.39, 0.29) is 0 Å². The Balaban J connectivity index is 1.53. The Labute approximate surface area is 113 Å². The van der Waals surface area contributed by atoms with Crippen LogP contribution in [0.25, 0.3) is 0 Å². The third-order valence-electron chi connectivity index (χ3n) is 3.88. The monoisotopic (exact) mass is 263 g/mol. The fourth-order valence-electron chi connectivity index (χ4n) is 2.65. The highest BCUT2D eigenvalue weighted by atomic mass is 16.3. The molecule has 0 atom stereocenters. The van der Waals surface area contributed by atoms with Crippen molar-refractivity contribution in [2.45, 2.75) is 32.7 Å². The Morgan fingerprint density at radius 3 is 2.89 bits per heavy atom. The van der Waals surface area contributed by atoms with Crippen LogP contribution in [0.5, 0.6) is 0 Å². The molecule has 2 heterocycles. The van der Waals surface area contributed by atoms with Crippen molar-refractivity contribution in [3.05, 3.63) is 17.8 Å². The van der Waals surface area contributed by atoms with Crippen LogP contribution in [-0.2, 0) is 11.3 Å². The number of aromatic nitrogens is 1. The zero-order chi connectivity index (χ0) is 13.2. The molecule has 19 heavy (non-hydrogen) atoms. The topological polar surface area (TPSA) is 49.6 Å². The first-order chi connectivity index (χ1) is 9.22. The lowest BCUT2D eigenvalue weighted by molar-refractivity contribution is -0.132. The molecule has 0 radical (unpaired) electrons. The summed E-state index contributed by atoms with van der Waals surface area (Å²) in [5.74, 6) is 1.43. The summed E-state index contributed by atoms with van der Waals surface area (Å²) in [4.78, 5) is 20.8. The van der Waals surface area contributed by atoms with Crippen molar-refractivity contribution >= 4 is 5.91 Å². The summed E-state index contributed by atoms with van der Waals surface area (Å²) >= 11 is 0. The zero-order valence-corrected chi connectivity index (χ0v) is 11.5. The Hall–Kier alpha value is -1.36. The average Bonchev–Trinajstić information content (AvgIpc) is 3.18. The number of rotatable bonds is 3. The summed E-state index contributed by atoms with van der Waals surface area (Å²) in [6, 6.07) is 0. The van der Waals surface area contributed by atoms with Gasteiger partial charge in [0.2, 0.25) is 5.91 Å². The number of oxazole rings is 1. The third-order valence-corrected chi connectivity index (χ3v) is 3.88. The van der Waals surface area contributed by atoms with E-state index in [9.17, 15) is 4.79 Å². The molecule has 0 unspecified atom stereocenters. The van der Waals surface area contributed by atoms with Crippen LogP contribution < -0.4 is 0 Å². The van der Waals surface area contributed by atoms with Gasteiger partial charge in [0, 0.05) is 45.6 Å². The highest BCUT2D eigenvalue weighted by Crippen LogP contribution is 2.31. The maximum atomic E-state index is 12.1. The van der Waals surface area contributed by atoms with Gasteiger partial charge in [-0.25, -0.2) is 4.98 Å². The number of carbonyl (C=O) groups excluding carboxylic acids is 1. The first-order valence-corrected chi connectivity index (χ1v) is 7.14. The summed E-state index contributed by atoms with van der Waals surface area (Å²) < 4.78 is 5.23. The normalized spacial score (nSPS) is 21.4. The summed E-state index contributed by atoms with van der Waals surface area (Å²) in [6.07, 6.45) is 4.97. The van der Waals surface area contributed by atoms with Crippen molar-refractivity contribution in [3.8, 4) is 0 Å². The molecule has 104 valence electrons. The molecular weight excluding hydrogens is 242 g/mol. The molecule has 1 amide bonds. The van der Waals surface area contributed by atoms with Crippen molar-refractivity contribution in [1.29, 1.82) is 0 Å². The van der Waals surface area contributed by atoms with Gasteiger partial charge in [-0.15, -0.1) is 0 Å². The fourth-order valence-corrected chi connectivity index (χ4v) is 2.65. The van der Waals surface area contributed by atoms with Gasteiger partial charge in [-0.3, -0.25) is 9.69 Å². The quantitative estimate of drug-likeness (QED) is 0.827. The first kappa shape index (κ1) is 12.7. The number of nitrogens with zero attached hydrogens (tertiary/aromatic N) is 3. The van der Waals surface area contributed by atoms with Crippen LogP contribution in [-0.4, -0.2) is 46.9 Å². The van der Waals surface area contributed by atoms with Crippen LogP contribution in [0, 0.1) is 12.8 Å². The Morgan fingerprint density at radius 1 is 1.37 bits per heavy atom. The second-order valence-electron chi connectivity index (χ2n) is 5.59. The molecule has 2 aliphatic rings. The first-order valence-electron chi connectivity index (χ1n) is 7.14. The molecule has 1 aromatic heterocycles. The van der Waals surface area contributed by atoms with Crippen LogP contribution in [0.15, 0.2) is 10.7 Å². The zero-order valence-electron chi connectivity index (χ0n) is 11.5. The van der Waals surface area contributed by atoms with Crippen LogP contribution in [0.3, 0.4) is 0 Å². The van der Waals surface area contributed by atoms with Gasteiger partial charge >= 0.3 is 0 Å². The summed E-state index contributed by atoms with van der Waals surface area (Å²) in [6.45, 7) is 6.41. The van der Waals surface area contributed by atoms with E-state index in [2.05, 4.69) is 9.88 Å². The van der Waals surface area contributed by atoms with Crippen molar-refractivity contribution in [2.75, 3.05) is 26.2 Å². The molecule has 1 saturated carbocycles. The van der Waals surface area contributed by atoms with Crippen molar-refractivity contribution < 1.29 is 9.21 Å². The number of amides is 1. The smallest absolute Gasteiger partial charge is 0.225 e. The van der Waals surface area contributed by atoms with Gasteiger partial charge in [0.1, 0.15) is 6.26 Å². The molecule has 5 nitrogen and oxygen atoms in total. The predicted molar refractivity (Wildman–Crippen MR) is 70.4 cm³/mol. The van der Waals surface area contributed by atoms with E-state index < -0.39 is 0 Å². The number of hydrogen-bond acceptors (Lipinski definition) is 4. The molecular formula is C14H21N3O2. The maximum absolute atomic E-state index is 12.1. The molecule has 1 aliphatic carbocycles. The lowest BCUT2D eigenvalue weighted by Crippen LogP contribution is -2.36. The Kier molecular flexibility index (Phi) is 3.55. The van der Waals surface area contributed by atoms with E-state index in [0.29, 0.717) is 11.8 Å². The van der Waals surface area contributed by atoms with Gasteiger partial charge < -0.3 is 9.32 Å². The summed E-state index contributed by atoms with van der Waals surface area (Å²) in [5.41, 5.74) is 0.986. The fraction of sp³-hybridized carbons (Fsp3) is 0.714. The molecule has 3 rings (SSSR count). The molecule has 0 N–H and O–H groups in total. The minimum Gasteiger partial charge on any atom is -0.449 e. The SMILES string of the molecule is Cc1nc(CN2CCCN(C(=O)C3CC3)CC2)co1. The number of hydrogen-bond donors (Lipinski definition) is 0. The van der Waals surface area contributed by atoms with Crippen LogP contribution in [0.4, 0.5) is 0 Å². The predicted octanol–water partition coefficient (Wildman–Crippen LogP) is 1.43. The largest absolute Gasteiger partial charge is 0.449 e. The highest BCUT2D eigenvalue weighted by Gasteiger charge is 2.33. The van der Waals surface area contributed by atoms with E-state index in [1.165, 1.54) is 0 Å². The molecule has 1 aliphatic heterocycles. The molecule has 1 aromatic rings. The standard InChI is InChI=1S/C14H21N3O2/c1-11-15-13(10-19-11)9-16-5-2-6-17(8-7-16)14(18)12-3-4-12/h10,12H,2-9H2,1H3. The summed E-state index contributed by atoms with van der Waals surface area (Å²) in [5, 5.41) is 0. The summed E-state index contributed by atoms with van der Waals surface area (Å²) in [7, 11) is 0.